The zero-order chi connectivity index (χ0) is 12.9. The van der Waals surface area contributed by atoms with Crippen molar-refractivity contribution in [2.24, 2.45) is 0 Å². The minimum atomic E-state index is -3.12. The summed E-state index contributed by atoms with van der Waals surface area (Å²) < 4.78 is 11.2. The molecule has 0 aliphatic rings. The number of benzene rings is 1. The van der Waals surface area contributed by atoms with Crippen LogP contribution >= 0.6 is 0 Å². The molecule has 4 heteroatoms. The zero-order valence-corrected chi connectivity index (χ0v) is 12.0. The molecule has 0 radical (unpaired) electrons. The second-order valence-corrected chi connectivity index (χ2v) is 6.96. The molecule has 0 heterocycles. The summed E-state index contributed by atoms with van der Waals surface area (Å²) in [5.74, 6) is 0. The highest BCUT2D eigenvalue weighted by molar-refractivity contribution is 6.58. The lowest BCUT2D eigenvalue weighted by Crippen LogP contribution is -2.48. The summed E-state index contributed by atoms with van der Waals surface area (Å²) in [6.07, 6.45) is -0.0664. The fraction of sp³-hybridized carbons (Fsp3) is 0.538. The van der Waals surface area contributed by atoms with Gasteiger partial charge in [0.25, 0.3) is 0 Å². The molecule has 17 heavy (non-hydrogen) atoms. The van der Waals surface area contributed by atoms with Crippen LogP contribution in [0.15, 0.2) is 30.3 Å². The molecule has 0 aliphatic carbocycles. The fourth-order valence-corrected chi connectivity index (χ4v) is 4.15. The van der Waals surface area contributed by atoms with E-state index in [9.17, 15) is 4.80 Å². The van der Waals surface area contributed by atoms with Crippen molar-refractivity contribution in [3.05, 3.63) is 35.9 Å². The molecule has 0 amide bonds. The monoisotopic (exact) mass is 254 g/mol. The first kappa shape index (κ1) is 14.4. The average molecular weight is 254 g/mol. The van der Waals surface area contributed by atoms with Gasteiger partial charge in [0.05, 0.1) is 0 Å². The number of hydrogen-bond acceptors (Lipinski definition) is 3. The Morgan fingerprint density at radius 1 is 1.00 bits per heavy atom. The minimum absolute atomic E-state index is 0.0332. The SMILES string of the molecule is CC(C)O[Si](O)(Cc1ccccc1)OC(C)C. The Hall–Kier alpha value is -0.683. The van der Waals surface area contributed by atoms with Gasteiger partial charge in [-0.2, -0.15) is 0 Å². The lowest BCUT2D eigenvalue weighted by Gasteiger charge is -2.28. The number of hydrogen-bond donors (Lipinski definition) is 1. The van der Waals surface area contributed by atoms with Crippen LogP contribution in [-0.4, -0.2) is 25.8 Å². The molecule has 0 aromatic heterocycles. The zero-order valence-electron chi connectivity index (χ0n) is 11.0. The third-order valence-electron chi connectivity index (χ3n) is 2.11. The highest BCUT2D eigenvalue weighted by Crippen LogP contribution is 2.16. The predicted molar refractivity (Wildman–Crippen MR) is 70.6 cm³/mol. The third-order valence-corrected chi connectivity index (χ3v) is 4.64. The largest absolute Gasteiger partial charge is 0.503 e. The predicted octanol–water partition coefficient (Wildman–Crippen LogP) is 2.55. The minimum Gasteiger partial charge on any atom is -0.389 e. The van der Waals surface area contributed by atoms with Crippen LogP contribution in [0.3, 0.4) is 0 Å². The Balaban J connectivity index is 2.76. The van der Waals surface area contributed by atoms with Gasteiger partial charge >= 0.3 is 8.80 Å². The van der Waals surface area contributed by atoms with Crippen LogP contribution in [0, 0.1) is 0 Å². The molecule has 0 fully saturated rings. The fourth-order valence-electron chi connectivity index (χ4n) is 1.70. The summed E-state index contributed by atoms with van der Waals surface area (Å²) in [6.45, 7) is 7.64. The second kappa shape index (κ2) is 6.30. The standard InChI is InChI=1S/C13H22O3Si/c1-11(2)15-17(14,16-12(3)4)10-13-8-6-5-7-9-13/h5-9,11-12,14H,10H2,1-4H3. The highest BCUT2D eigenvalue weighted by Gasteiger charge is 2.39. The molecular weight excluding hydrogens is 232 g/mol. The van der Waals surface area contributed by atoms with Gasteiger partial charge < -0.3 is 13.6 Å². The van der Waals surface area contributed by atoms with Crippen LogP contribution < -0.4 is 0 Å². The van der Waals surface area contributed by atoms with E-state index in [0.717, 1.165) is 5.56 Å². The Labute approximate surface area is 105 Å². The summed E-state index contributed by atoms with van der Waals surface area (Å²) in [7, 11) is -3.12. The van der Waals surface area contributed by atoms with Gasteiger partial charge in [0.2, 0.25) is 0 Å². The lowest BCUT2D eigenvalue weighted by atomic mass is 10.2. The molecular formula is C13H22O3Si. The molecule has 0 unspecified atom stereocenters. The van der Waals surface area contributed by atoms with Crippen molar-refractivity contribution in [2.75, 3.05) is 0 Å². The smallest absolute Gasteiger partial charge is 0.389 e. The van der Waals surface area contributed by atoms with Gasteiger partial charge in [-0.15, -0.1) is 0 Å². The molecule has 0 aliphatic heterocycles. The van der Waals surface area contributed by atoms with Gasteiger partial charge in [0.1, 0.15) is 0 Å². The Morgan fingerprint density at radius 3 is 1.88 bits per heavy atom. The van der Waals surface area contributed by atoms with Crippen molar-refractivity contribution in [2.45, 2.75) is 45.9 Å². The van der Waals surface area contributed by atoms with E-state index in [4.69, 9.17) is 8.85 Å². The first-order valence-electron chi connectivity index (χ1n) is 6.03. The summed E-state index contributed by atoms with van der Waals surface area (Å²) in [4.78, 5) is 10.5. The first-order valence-corrected chi connectivity index (χ1v) is 8.00. The van der Waals surface area contributed by atoms with E-state index in [1.807, 2.05) is 58.0 Å². The van der Waals surface area contributed by atoms with Crippen molar-refractivity contribution in [1.82, 2.24) is 0 Å². The maximum atomic E-state index is 10.5. The Kier molecular flexibility index (Phi) is 5.33. The van der Waals surface area contributed by atoms with E-state index in [0.29, 0.717) is 6.04 Å². The summed E-state index contributed by atoms with van der Waals surface area (Å²) in [5.41, 5.74) is 1.04. The molecule has 0 saturated carbocycles. The number of rotatable bonds is 6. The quantitative estimate of drug-likeness (QED) is 0.793. The van der Waals surface area contributed by atoms with Crippen molar-refractivity contribution in [3.8, 4) is 0 Å². The van der Waals surface area contributed by atoms with Crippen molar-refractivity contribution < 1.29 is 13.6 Å². The van der Waals surface area contributed by atoms with E-state index in [1.165, 1.54) is 0 Å². The van der Waals surface area contributed by atoms with E-state index in [1.54, 1.807) is 0 Å². The van der Waals surface area contributed by atoms with Gasteiger partial charge in [0.15, 0.2) is 0 Å². The van der Waals surface area contributed by atoms with Crippen molar-refractivity contribution in [3.63, 3.8) is 0 Å². The molecule has 1 N–H and O–H groups in total. The van der Waals surface area contributed by atoms with Gasteiger partial charge in [-0.3, -0.25) is 0 Å². The topological polar surface area (TPSA) is 38.7 Å². The average Bonchev–Trinajstić information content (AvgIpc) is 2.15. The van der Waals surface area contributed by atoms with Crippen LogP contribution in [-0.2, 0) is 14.9 Å². The van der Waals surface area contributed by atoms with Crippen LogP contribution in [0.2, 0.25) is 0 Å². The Morgan fingerprint density at radius 2 is 1.47 bits per heavy atom. The molecule has 96 valence electrons. The lowest BCUT2D eigenvalue weighted by molar-refractivity contribution is 0.0469. The first-order chi connectivity index (χ1) is 7.91. The maximum absolute atomic E-state index is 10.5. The molecule has 1 aromatic rings. The van der Waals surface area contributed by atoms with Gasteiger partial charge in [-0.1, -0.05) is 30.3 Å². The van der Waals surface area contributed by atoms with Crippen LogP contribution in [0.1, 0.15) is 33.3 Å². The van der Waals surface area contributed by atoms with E-state index < -0.39 is 8.80 Å². The van der Waals surface area contributed by atoms with E-state index >= 15 is 0 Å². The molecule has 1 rings (SSSR count). The van der Waals surface area contributed by atoms with Crippen LogP contribution in [0.25, 0.3) is 0 Å². The Bertz CT molecular complexity index is 315. The molecule has 0 bridgehead atoms. The van der Waals surface area contributed by atoms with Gasteiger partial charge in [-0.25, -0.2) is 0 Å². The van der Waals surface area contributed by atoms with Gasteiger partial charge in [-0.05, 0) is 33.3 Å². The molecule has 1 aromatic carbocycles. The van der Waals surface area contributed by atoms with E-state index in [-0.39, 0.29) is 12.2 Å². The maximum Gasteiger partial charge on any atom is 0.503 e. The highest BCUT2D eigenvalue weighted by atomic mass is 28.4. The summed E-state index contributed by atoms with van der Waals surface area (Å²) in [6, 6.07) is 10.3. The normalized spacial score (nSPS) is 12.4. The third kappa shape index (κ3) is 5.45. The molecule has 3 nitrogen and oxygen atoms in total. The summed E-state index contributed by atoms with van der Waals surface area (Å²) in [5, 5.41) is 0. The summed E-state index contributed by atoms with van der Waals surface area (Å²) >= 11 is 0. The molecule has 0 spiro atoms. The van der Waals surface area contributed by atoms with Crippen LogP contribution in [0.4, 0.5) is 0 Å². The van der Waals surface area contributed by atoms with E-state index in [2.05, 4.69) is 0 Å². The molecule has 0 saturated heterocycles. The second-order valence-electron chi connectivity index (χ2n) is 4.71. The van der Waals surface area contributed by atoms with Crippen molar-refractivity contribution >= 4 is 8.80 Å². The van der Waals surface area contributed by atoms with Crippen molar-refractivity contribution in [1.29, 1.82) is 0 Å². The van der Waals surface area contributed by atoms with Crippen LogP contribution in [0.5, 0.6) is 0 Å². The van der Waals surface area contributed by atoms with Gasteiger partial charge in [0, 0.05) is 18.3 Å². The molecule has 0 atom stereocenters.